The maximum Gasteiger partial charge on any atom is 0.407 e. The molecule has 0 aromatic heterocycles. The van der Waals surface area contributed by atoms with E-state index in [0.29, 0.717) is 34.8 Å². The van der Waals surface area contributed by atoms with Gasteiger partial charge in [0.15, 0.2) is 0 Å². The normalized spacial score (nSPS) is 12.0. The van der Waals surface area contributed by atoms with Crippen molar-refractivity contribution in [3.05, 3.63) is 138 Å². The Labute approximate surface area is 379 Å². The van der Waals surface area contributed by atoms with Crippen LogP contribution >= 0.6 is 23.5 Å². The van der Waals surface area contributed by atoms with Crippen molar-refractivity contribution in [2.24, 2.45) is 0 Å². The van der Waals surface area contributed by atoms with E-state index in [2.05, 4.69) is 44.9 Å². The van der Waals surface area contributed by atoms with Crippen LogP contribution in [0.3, 0.4) is 0 Å². The molecular weight excluding hydrogens is 841 g/mol. The lowest BCUT2D eigenvalue weighted by atomic mass is 10.0. The third kappa shape index (κ3) is 19.8. The third-order valence-electron chi connectivity index (χ3n) is 8.97. The molecule has 63 heavy (non-hydrogen) atoms. The van der Waals surface area contributed by atoms with Crippen LogP contribution in [0.25, 0.3) is 6.08 Å². The van der Waals surface area contributed by atoms with E-state index in [1.165, 1.54) is 29.0 Å². The zero-order chi connectivity index (χ0) is 45.4. The molecule has 14 heteroatoms. The summed E-state index contributed by atoms with van der Waals surface area (Å²) in [5.41, 5.74) is 3.40. The average molecular weight is 899 g/mol. The smallest absolute Gasteiger partial charge is 0.407 e. The van der Waals surface area contributed by atoms with Crippen molar-refractivity contribution in [2.75, 3.05) is 51.0 Å². The summed E-state index contributed by atoms with van der Waals surface area (Å²) >= 11 is 3.01. The molecule has 0 saturated heterocycles. The highest BCUT2D eigenvalue weighted by atomic mass is 32.2. The number of nitrogens with one attached hydrogen (secondary N) is 2. The van der Waals surface area contributed by atoms with Gasteiger partial charge in [0.1, 0.15) is 50.1 Å². The van der Waals surface area contributed by atoms with E-state index in [0.717, 1.165) is 15.4 Å². The molecule has 0 aliphatic carbocycles. The predicted molar refractivity (Wildman–Crippen MR) is 249 cm³/mol. The van der Waals surface area contributed by atoms with Crippen LogP contribution in [0, 0.1) is 0 Å². The molecule has 0 aliphatic rings. The van der Waals surface area contributed by atoms with Crippen molar-refractivity contribution >= 4 is 53.7 Å². The summed E-state index contributed by atoms with van der Waals surface area (Å²) in [4.78, 5) is 51.5. The van der Waals surface area contributed by atoms with Crippen molar-refractivity contribution in [3.8, 4) is 11.5 Å². The van der Waals surface area contributed by atoms with Crippen molar-refractivity contribution in [3.63, 3.8) is 0 Å². The van der Waals surface area contributed by atoms with Crippen LogP contribution in [0.5, 0.6) is 11.5 Å². The monoisotopic (exact) mass is 898 g/mol. The number of hydrogen-bond donors (Lipinski definition) is 2. The zero-order valence-electron chi connectivity index (χ0n) is 36.5. The van der Waals surface area contributed by atoms with Crippen LogP contribution < -0.4 is 20.1 Å². The van der Waals surface area contributed by atoms with E-state index in [1.54, 1.807) is 24.8 Å². The first-order chi connectivity index (χ1) is 30.3. The van der Waals surface area contributed by atoms with Gasteiger partial charge < -0.3 is 39.1 Å². The van der Waals surface area contributed by atoms with Crippen molar-refractivity contribution in [1.82, 2.24) is 10.6 Å². The maximum atomic E-state index is 12.7. The van der Waals surface area contributed by atoms with Crippen molar-refractivity contribution in [1.29, 1.82) is 0 Å². The van der Waals surface area contributed by atoms with Crippen LogP contribution in [-0.4, -0.2) is 87.4 Å². The summed E-state index contributed by atoms with van der Waals surface area (Å²) in [6, 6.07) is 33.0. The Kier molecular flexibility index (Phi) is 21.5. The number of rotatable bonds is 25. The summed E-state index contributed by atoms with van der Waals surface area (Å²) in [7, 11) is 0. The Hall–Kier alpha value is -5.86. The van der Waals surface area contributed by atoms with Gasteiger partial charge in [0, 0.05) is 32.9 Å². The van der Waals surface area contributed by atoms with Gasteiger partial charge in [-0.1, -0.05) is 88.9 Å². The number of esters is 2. The van der Waals surface area contributed by atoms with E-state index in [4.69, 9.17) is 28.4 Å². The quantitative estimate of drug-likeness (QED) is 0.0215. The van der Waals surface area contributed by atoms with Gasteiger partial charge in [-0.2, -0.15) is 0 Å². The van der Waals surface area contributed by atoms with Gasteiger partial charge in [0.2, 0.25) is 0 Å². The van der Waals surface area contributed by atoms with Crippen LogP contribution in [-0.2, 0) is 28.5 Å². The first-order valence-corrected chi connectivity index (χ1v) is 22.7. The average Bonchev–Trinajstić information content (AvgIpc) is 3.28. The van der Waals surface area contributed by atoms with Crippen LogP contribution in [0.15, 0.2) is 131 Å². The lowest BCUT2D eigenvalue weighted by Gasteiger charge is -2.19. The standard InChI is InChI=1S/C49H58N2O10S2/c1-34(2)38-16-20-40(21-17-38)58-30-42(32-62-44-12-8-7-9-13-44)60-48(54)50-25-27-56-46(52)24-15-37-11-10-14-45(29-37)63-33-43(31-59-41-22-18-39(19-23-41)35(3)4)61-49(55)51-26-28-57-47(53)36(5)6/h7-24,29,34-35,42-43H,5,25-28,30-33H2,1-4,6H3,(H,50,54)(H,51,55)/b24-15+. The van der Waals surface area contributed by atoms with Gasteiger partial charge in [0.05, 0.1) is 13.1 Å². The third-order valence-corrected chi connectivity index (χ3v) is 11.2. The molecule has 0 radical (unpaired) electrons. The Balaban J connectivity index is 1.23. The van der Waals surface area contributed by atoms with Crippen molar-refractivity contribution in [2.45, 2.75) is 68.5 Å². The lowest BCUT2D eigenvalue weighted by Crippen LogP contribution is -2.35. The Morgan fingerprint density at radius 2 is 1.13 bits per heavy atom. The number of carbonyl (C=O) groups is 4. The lowest BCUT2D eigenvalue weighted by molar-refractivity contribution is -0.139. The number of ether oxygens (including phenoxy) is 6. The number of alkyl carbamates (subject to hydrolysis) is 2. The number of amides is 2. The highest BCUT2D eigenvalue weighted by molar-refractivity contribution is 7.99. The number of hydrogen-bond acceptors (Lipinski definition) is 12. The molecule has 2 N–H and O–H groups in total. The summed E-state index contributed by atoms with van der Waals surface area (Å²) in [5.74, 6) is 1.83. The van der Waals surface area contributed by atoms with Gasteiger partial charge in [-0.3, -0.25) is 0 Å². The first kappa shape index (κ1) is 49.8. The molecule has 336 valence electrons. The molecular formula is C49H58N2O10S2. The molecule has 0 spiro atoms. The largest absolute Gasteiger partial charge is 0.490 e. The summed E-state index contributed by atoms with van der Waals surface area (Å²) in [6.07, 6.45) is 0.434. The van der Waals surface area contributed by atoms with Gasteiger partial charge in [-0.25, -0.2) is 19.2 Å². The molecule has 12 nitrogen and oxygen atoms in total. The summed E-state index contributed by atoms with van der Waals surface area (Å²) < 4.78 is 33.7. The van der Waals surface area contributed by atoms with Crippen LogP contribution in [0.2, 0.25) is 0 Å². The minimum absolute atomic E-state index is 0.0283. The molecule has 4 rings (SSSR count). The van der Waals surface area contributed by atoms with E-state index in [9.17, 15) is 19.2 Å². The number of thioether (sulfide) groups is 2. The van der Waals surface area contributed by atoms with Gasteiger partial charge in [-0.15, -0.1) is 23.5 Å². The topological polar surface area (TPSA) is 148 Å². The number of benzene rings is 4. The highest BCUT2D eigenvalue weighted by Crippen LogP contribution is 2.24. The molecule has 2 unspecified atom stereocenters. The van der Waals surface area contributed by atoms with E-state index in [-0.39, 0.29) is 45.1 Å². The minimum atomic E-state index is -0.677. The first-order valence-electron chi connectivity index (χ1n) is 20.8. The van der Waals surface area contributed by atoms with Gasteiger partial charge >= 0.3 is 24.1 Å². The fourth-order valence-electron chi connectivity index (χ4n) is 5.43. The SMILES string of the molecule is C=C(C)C(=O)OCCNC(=O)OC(COc1ccc(C(C)C)cc1)CSc1cccc(/C=C/C(=O)OCCNC(=O)OC(COc2ccc(C(C)C)cc2)CSc2ccccc2)c1. The van der Waals surface area contributed by atoms with E-state index < -0.39 is 36.3 Å². The van der Waals surface area contributed by atoms with Crippen LogP contribution in [0.4, 0.5) is 9.59 Å². The molecule has 0 fully saturated rings. The molecule has 0 bridgehead atoms. The second-order valence-corrected chi connectivity index (χ2v) is 17.1. The number of carbonyl (C=O) groups excluding carboxylic acids is 4. The second-order valence-electron chi connectivity index (χ2n) is 14.9. The Morgan fingerprint density at radius 1 is 0.635 bits per heavy atom. The molecule has 0 saturated carbocycles. The molecule has 4 aromatic carbocycles. The fraction of sp³-hybridized carbons (Fsp3) is 0.347. The molecule has 0 aliphatic heterocycles. The molecule has 4 aromatic rings. The zero-order valence-corrected chi connectivity index (χ0v) is 38.2. The van der Waals surface area contributed by atoms with E-state index >= 15 is 0 Å². The summed E-state index contributed by atoms with van der Waals surface area (Å²) in [5, 5.41) is 5.25. The Bertz CT molecular complexity index is 2080. The van der Waals surface area contributed by atoms with Crippen LogP contribution in [0.1, 0.15) is 63.1 Å². The molecule has 0 heterocycles. The van der Waals surface area contributed by atoms with Crippen molar-refractivity contribution < 1.29 is 47.6 Å². The second kappa shape index (κ2) is 27.3. The Morgan fingerprint density at radius 3 is 1.63 bits per heavy atom. The van der Waals surface area contributed by atoms with Gasteiger partial charge in [-0.05, 0) is 90.1 Å². The molecule has 2 atom stereocenters. The van der Waals surface area contributed by atoms with Gasteiger partial charge in [0.25, 0.3) is 0 Å². The summed E-state index contributed by atoms with van der Waals surface area (Å²) in [6.45, 7) is 13.9. The molecule has 2 amide bonds. The minimum Gasteiger partial charge on any atom is -0.490 e. The maximum absolute atomic E-state index is 12.7. The fourth-order valence-corrected chi connectivity index (χ4v) is 7.26. The highest BCUT2D eigenvalue weighted by Gasteiger charge is 2.19. The predicted octanol–water partition coefficient (Wildman–Crippen LogP) is 9.84. The van der Waals surface area contributed by atoms with E-state index in [1.807, 2.05) is 103 Å².